The Morgan fingerprint density at radius 1 is 1.38 bits per heavy atom. The Labute approximate surface area is 98.5 Å². The fourth-order valence-corrected chi connectivity index (χ4v) is 2.47. The molecule has 88 valence electrons. The van der Waals surface area contributed by atoms with Crippen LogP contribution in [0.3, 0.4) is 0 Å². The van der Waals surface area contributed by atoms with Gasteiger partial charge in [-0.25, -0.2) is 0 Å². The lowest BCUT2D eigenvalue weighted by molar-refractivity contribution is 0.300. The Hall–Kier alpha value is -0.890. The lowest BCUT2D eigenvalue weighted by Gasteiger charge is -2.27. The van der Waals surface area contributed by atoms with Gasteiger partial charge in [-0.05, 0) is 37.3 Å². The normalized spacial score (nSPS) is 25.6. The van der Waals surface area contributed by atoms with Crippen LogP contribution in [0.25, 0.3) is 0 Å². The molecule has 0 saturated heterocycles. The third kappa shape index (κ3) is 3.31. The minimum Gasteiger partial charge on any atom is -0.308 e. The van der Waals surface area contributed by atoms with Gasteiger partial charge in [0.05, 0.1) is 5.69 Å². The van der Waals surface area contributed by atoms with E-state index in [1.165, 1.54) is 31.2 Å². The molecule has 2 unspecified atom stereocenters. The summed E-state index contributed by atoms with van der Waals surface area (Å²) in [5.41, 5.74) is 2.39. The summed E-state index contributed by atoms with van der Waals surface area (Å²) < 4.78 is 0. The van der Waals surface area contributed by atoms with E-state index in [4.69, 9.17) is 0 Å². The predicted molar refractivity (Wildman–Crippen MR) is 67.2 cm³/mol. The number of nitrogens with one attached hydrogen (secondary N) is 1. The number of nitrogens with zero attached hydrogens (tertiary/aromatic N) is 1. The van der Waals surface area contributed by atoms with Crippen molar-refractivity contribution in [1.29, 1.82) is 0 Å². The van der Waals surface area contributed by atoms with Gasteiger partial charge in [0.1, 0.15) is 0 Å². The molecule has 1 aromatic heterocycles. The second-order valence-electron chi connectivity index (χ2n) is 5.18. The molecule has 2 atom stereocenters. The molecule has 2 rings (SSSR count). The molecular weight excluding hydrogens is 196 g/mol. The fourth-order valence-electron chi connectivity index (χ4n) is 2.47. The average molecular weight is 218 g/mol. The summed E-state index contributed by atoms with van der Waals surface area (Å²) in [6.07, 6.45) is 7.38. The first kappa shape index (κ1) is 11.6. The second-order valence-corrected chi connectivity index (χ2v) is 5.18. The van der Waals surface area contributed by atoms with Crippen molar-refractivity contribution in [2.24, 2.45) is 5.92 Å². The Bertz CT molecular complexity index is 318. The summed E-state index contributed by atoms with van der Waals surface area (Å²) in [6.45, 7) is 5.35. The molecule has 1 N–H and O–H groups in total. The molecule has 2 heteroatoms. The van der Waals surface area contributed by atoms with Crippen molar-refractivity contribution >= 4 is 0 Å². The van der Waals surface area contributed by atoms with Crippen LogP contribution in [-0.2, 0) is 6.54 Å². The summed E-state index contributed by atoms with van der Waals surface area (Å²) in [5, 5.41) is 3.63. The van der Waals surface area contributed by atoms with Crippen molar-refractivity contribution in [1.82, 2.24) is 10.3 Å². The summed E-state index contributed by atoms with van der Waals surface area (Å²) in [6, 6.07) is 4.95. The second kappa shape index (κ2) is 5.44. The molecule has 1 saturated carbocycles. The molecule has 1 fully saturated rings. The van der Waals surface area contributed by atoms with Crippen LogP contribution in [0.15, 0.2) is 18.3 Å². The molecular formula is C14H22N2. The van der Waals surface area contributed by atoms with Gasteiger partial charge in [0.25, 0.3) is 0 Å². The highest BCUT2D eigenvalue weighted by atomic mass is 14.9. The van der Waals surface area contributed by atoms with E-state index in [0.29, 0.717) is 6.04 Å². The lowest BCUT2D eigenvalue weighted by atomic mass is 9.87. The van der Waals surface area contributed by atoms with E-state index < -0.39 is 0 Å². The highest BCUT2D eigenvalue weighted by Crippen LogP contribution is 2.23. The van der Waals surface area contributed by atoms with Gasteiger partial charge in [0, 0.05) is 18.8 Å². The zero-order chi connectivity index (χ0) is 11.4. The van der Waals surface area contributed by atoms with Crippen molar-refractivity contribution in [3.8, 4) is 0 Å². The Morgan fingerprint density at radius 2 is 2.25 bits per heavy atom. The zero-order valence-electron chi connectivity index (χ0n) is 10.4. The monoisotopic (exact) mass is 218 g/mol. The molecule has 1 aromatic rings. The number of aromatic nitrogens is 1. The first-order valence-electron chi connectivity index (χ1n) is 6.39. The van der Waals surface area contributed by atoms with Gasteiger partial charge in [-0.15, -0.1) is 0 Å². The quantitative estimate of drug-likeness (QED) is 0.843. The standard InChI is InChI=1S/C14H22N2/c1-11-4-3-5-13(8-11)16-10-14-7-6-12(2)9-15-14/h6-7,9,11,13,16H,3-5,8,10H2,1-2H3. The predicted octanol–water partition coefficient (Wildman–Crippen LogP) is 3.06. The minimum atomic E-state index is 0.701. The van der Waals surface area contributed by atoms with Gasteiger partial charge in [-0.2, -0.15) is 0 Å². The molecule has 2 nitrogen and oxygen atoms in total. The third-order valence-electron chi connectivity index (χ3n) is 3.48. The van der Waals surface area contributed by atoms with Crippen LogP contribution < -0.4 is 5.32 Å². The van der Waals surface area contributed by atoms with Crippen molar-refractivity contribution in [3.05, 3.63) is 29.6 Å². The minimum absolute atomic E-state index is 0.701. The zero-order valence-corrected chi connectivity index (χ0v) is 10.4. The molecule has 0 radical (unpaired) electrons. The fraction of sp³-hybridized carbons (Fsp3) is 0.643. The van der Waals surface area contributed by atoms with E-state index in [9.17, 15) is 0 Å². The first-order valence-corrected chi connectivity index (χ1v) is 6.39. The SMILES string of the molecule is Cc1ccc(CNC2CCCC(C)C2)nc1. The lowest BCUT2D eigenvalue weighted by Crippen LogP contribution is -2.33. The number of pyridine rings is 1. The third-order valence-corrected chi connectivity index (χ3v) is 3.48. The number of rotatable bonds is 3. The topological polar surface area (TPSA) is 24.9 Å². The number of hydrogen-bond donors (Lipinski definition) is 1. The van der Waals surface area contributed by atoms with Crippen LogP contribution in [0, 0.1) is 12.8 Å². The van der Waals surface area contributed by atoms with Crippen molar-refractivity contribution in [2.45, 2.75) is 52.1 Å². The molecule has 0 bridgehead atoms. The van der Waals surface area contributed by atoms with E-state index in [2.05, 4.69) is 36.3 Å². The van der Waals surface area contributed by atoms with Crippen molar-refractivity contribution < 1.29 is 0 Å². The van der Waals surface area contributed by atoms with E-state index in [-0.39, 0.29) is 0 Å². The molecule has 0 spiro atoms. The van der Waals surface area contributed by atoms with Gasteiger partial charge >= 0.3 is 0 Å². The molecule has 0 aliphatic heterocycles. The Balaban J connectivity index is 1.80. The van der Waals surface area contributed by atoms with Gasteiger partial charge < -0.3 is 5.32 Å². The van der Waals surface area contributed by atoms with Crippen molar-refractivity contribution in [3.63, 3.8) is 0 Å². The van der Waals surface area contributed by atoms with Crippen LogP contribution in [0.4, 0.5) is 0 Å². The molecule has 0 amide bonds. The van der Waals surface area contributed by atoms with Crippen LogP contribution in [0.1, 0.15) is 43.9 Å². The van der Waals surface area contributed by atoms with Gasteiger partial charge in [-0.1, -0.05) is 25.8 Å². The maximum absolute atomic E-state index is 4.42. The summed E-state index contributed by atoms with van der Waals surface area (Å²) in [5.74, 6) is 0.886. The number of hydrogen-bond acceptors (Lipinski definition) is 2. The molecule has 16 heavy (non-hydrogen) atoms. The largest absolute Gasteiger partial charge is 0.308 e. The number of aryl methyl sites for hydroxylation is 1. The smallest absolute Gasteiger partial charge is 0.0541 e. The first-order chi connectivity index (χ1) is 7.74. The van der Waals surface area contributed by atoms with Crippen LogP contribution in [0.2, 0.25) is 0 Å². The van der Waals surface area contributed by atoms with E-state index in [1.807, 2.05) is 6.20 Å². The van der Waals surface area contributed by atoms with Gasteiger partial charge in [0.2, 0.25) is 0 Å². The maximum atomic E-state index is 4.42. The molecule has 1 heterocycles. The molecule has 0 aromatic carbocycles. The van der Waals surface area contributed by atoms with Gasteiger partial charge in [-0.3, -0.25) is 4.98 Å². The summed E-state index contributed by atoms with van der Waals surface area (Å²) in [7, 11) is 0. The molecule has 1 aliphatic carbocycles. The summed E-state index contributed by atoms with van der Waals surface area (Å²) in [4.78, 5) is 4.42. The Morgan fingerprint density at radius 3 is 2.94 bits per heavy atom. The van der Waals surface area contributed by atoms with Gasteiger partial charge in [0.15, 0.2) is 0 Å². The highest BCUT2D eigenvalue weighted by molar-refractivity contribution is 5.12. The van der Waals surface area contributed by atoms with E-state index >= 15 is 0 Å². The average Bonchev–Trinajstić information content (AvgIpc) is 2.28. The van der Waals surface area contributed by atoms with Crippen LogP contribution in [-0.4, -0.2) is 11.0 Å². The van der Waals surface area contributed by atoms with E-state index in [1.54, 1.807) is 0 Å². The van der Waals surface area contributed by atoms with Crippen LogP contribution in [0.5, 0.6) is 0 Å². The molecule has 1 aliphatic rings. The highest BCUT2D eigenvalue weighted by Gasteiger charge is 2.17. The summed E-state index contributed by atoms with van der Waals surface area (Å²) >= 11 is 0. The van der Waals surface area contributed by atoms with E-state index in [0.717, 1.165) is 18.2 Å². The Kier molecular flexibility index (Phi) is 3.94. The van der Waals surface area contributed by atoms with Crippen LogP contribution >= 0.6 is 0 Å². The maximum Gasteiger partial charge on any atom is 0.0541 e. The van der Waals surface area contributed by atoms with Crippen molar-refractivity contribution in [2.75, 3.05) is 0 Å².